The average molecular weight is 368 g/mol. The maximum absolute atomic E-state index is 10.6. The fraction of sp³-hybridized carbons (Fsp3) is 0.0625. The van der Waals surface area contributed by atoms with Gasteiger partial charge in [-0.25, -0.2) is 4.79 Å². The highest BCUT2D eigenvalue weighted by Gasteiger charge is 2.07. The number of hydrogen-bond donors (Lipinski definition) is 1. The lowest BCUT2D eigenvalue weighted by Crippen LogP contribution is -1.91. The van der Waals surface area contributed by atoms with E-state index in [4.69, 9.17) is 21.4 Å². The van der Waals surface area contributed by atoms with Crippen molar-refractivity contribution in [2.75, 3.05) is 0 Å². The van der Waals surface area contributed by atoms with E-state index in [1.54, 1.807) is 24.3 Å². The molecule has 0 aliphatic carbocycles. The van der Waals surface area contributed by atoms with Crippen LogP contribution < -0.4 is 4.74 Å². The Hall–Kier alpha value is -1.78. The molecule has 0 unspecified atom stereocenters. The van der Waals surface area contributed by atoms with E-state index < -0.39 is 5.97 Å². The van der Waals surface area contributed by atoms with Gasteiger partial charge in [0.25, 0.3) is 0 Å². The van der Waals surface area contributed by atoms with E-state index >= 15 is 0 Å². The molecule has 0 atom stereocenters. The number of carboxylic acids is 1. The van der Waals surface area contributed by atoms with Crippen LogP contribution >= 0.6 is 27.5 Å². The summed E-state index contributed by atoms with van der Waals surface area (Å²) in [6.07, 6.45) is 2.57. The molecule has 0 radical (unpaired) electrons. The van der Waals surface area contributed by atoms with E-state index in [0.717, 1.165) is 16.1 Å². The Balaban J connectivity index is 2.38. The van der Waals surface area contributed by atoms with Crippen LogP contribution in [-0.2, 0) is 4.79 Å². The Labute approximate surface area is 135 Å². The van der Waals surface area contributed by atoms with Crippen LogP contribution in [0.15, 0.2) is 46.9 Å². The molecule has 0 saturated carbocycles. The molecule has 21 heavy (non-hydrogen) atoms. The third-order valence-corrected chi connectivity index (χ3v) is 3.47. The normalized spacial score (nSPS) is 10.8. The van der Waals surface area contributed by atoms with Gasteiger partial charge < -0.3 is 9.84 Å². The highest BCUT2D eigenvalue weighted by atomic mass is 79.9. The van der Waals surface area contributed by atoms with Crippen molar-refractivity contribution in [3.8, 4) is 11.5 Å². The van der Waals surface area contributed by atoms with Crippen molar-refractivity contribution in [1.82, 2.24) is 0 Å². The Bertz CT molecular complexity index is 711. The fourth-order valence-electron chi connectivity index (χ4n) is 1.74. The van der Waals surface area contributed by atoms with Crippen LogP contribution in [0.3, 0.4) is 0 Å². The maximum atomic E-state index is 10.6. The van der Waals surface area contributed by atoms with Gasteiger partial charge in [0.05, 0.1) is 0 Å². The van der Waals surface area contributed by atoms with Crippen LogP contribution in [0, 0.1) is 6.92 Å². The first-order valence-electron chi connectivity index (χ1n) is 6.10. The van der Waals surface area contributed by atoms with E-state index in [2.05, 4.69) is 15.9 Å². The SMILES string of the molecule is Cc1cc(Cl)ccc1Oc1cc(Br)ccc1/C=C/C(=O)O. The fourth-order valence-corrected chi connectivity index (χ4v) is 2.31. The van der Waals surface area contributed by atoms with Gasteiger partial charge in [-0.05, 0) is 48.9 Å². The quantitative estimate of drug-likeness (QED) is 0.746. The number of benzene rings is 2. The molecule has 0 amide bonds. The number of halogens is 2. The third kappa shape index (κ3) is 4.34. The highest BCUT2D eigenvalue weighted by Crippen LogP contribution is 2.32. The van der Waals surface area contributed by atoms with Crippen LogP contribution in [-0.4, -0.2) is 11.1 Å². The van der Waals surface area contributed by atoms with Gasteiger partial charge in [-0.1, -0.05) is 33.6 Å². The van der Waals surface area contributed by atoms with Crippen molar-refractivity contribution in [2.24, 2.45) is 0 Å². The lowest BCUT2D eigenvalue weighted by Gasteiger charge is -2.12. The number of carbonyl (C=O) groups is 1. The lowest BCUT2D eigenvalue weighted by molar-refractivity contribution is -0.131. The molecular formula is C16H12BrClO3. The summed E-state index contributed by atoms with van der Waals surface area (Å²) in [5.74, 6) is 0.223. The molecule has 0 bridgehead atoms. The molecule has 0 spiro atoms. The maximum Gasteiger partial charge on any atom is 0.328 e. The van der Waals surface area contributed by atoms with Crippen molar-refractivity contribution in [2.45, 2.75) is 6.92 Å². The van der Waals surface area contributed by atoms with Crippen LogP contribution in [0.5, 0.6) is 11.5 Å². The Morgan fingerprint density at radius 2 is 2.00 bits per heavy atom. The van der Waals surface area contributed by atoms with Gasteiger partial charge in [-0.15, -0.1) is 0 Å². The van der Waals surface area contributed by atoms with E-state index in [1.807, 2.05) is 19.1 Å². The minimum Gasteiger partial charge on any atom is -0.478 e. The van der Waals surface area contributed by atoms with Gasteiger partial charge in [0.15, 0.2) is 0 Å². The molecule has 2 aromatic rings. The van der Waals surface area contributed by atoms with Gasteiger partial charge in [-0.2, -0.15) is 0 Å². The molecule has 5 heteroatoms. The summed E-state index contributed by atoms with van der Waals surface area (Å²) in [6.45, 7) is 1.89. The van der Waals surface area contributed by atoms with Crippen molar-refractivity contribution >= 4 is 39.6 Å². The van der Waals surface area contributed by atoms with Gasteiger partial charge >= 0.3 is 5.97 Å². The van der Waals surface area contributed by atoms with Crippen molar-refractivity contribution in [1.29, 1.82) is 0 Å². The van der Waals surface area contributed by atoms with Crippen LogP contribution in [0.1, 0.15) is 11.1 Å². The second-order valence-corrected chi connectivity index (χ2v) is 5.72. The summed E-state index contributed by atoms with van der Waals surface area (Å²) in [5, 5.41) is 9.37. The van der Waals surface area contributed by atoms with Gasteiger partial charge in [0.1, 0.15) is 11.5 Å². The summed E-state index contributed by atoms with van der Waals surface area (Å²) in [7, 11) is 0. The standard InChI is InChI=1S/C16H12BrClO3/c1-10-8-13(18)5-6-14(10)21-15-9-12(17)4-2-11(15)3-7-16(19)20/h2-9H,1H3,(H,19,20)/b7-3+. The zero-order valence-electron chi connectivity index (χ0n) is 11.1. The zero-order valence-corrected chi connectivity index (χ0v) is 13.5. The number of aliphatic carboxylic acids is 1. The van der Waals surface area contributed by atoms with E-state index in [0.29, 0.717) is 22.1 Å². The topological polar surface area (TPSA) is 46.5 Å². The summed E-state index contributed by atoms with van der Waals surface area (Å²) >= 11 is 9.30. The molecule has 0 fully saturated rings. The number of rotatable bonds is 4. The molecular weight excluding hydrogens is 356 g/mol. The largest absolute Gasteiger partial charge is 0.478 e. The number of hydrogen-bond acceptors (Lipinski definition) is 2. The molecule has 0 aliphatic rings. The summed E-state index contributed by atoms with van der Waals surface area (Å²) in [6, 6.07) is 10.7. The Morgan fingerprint density at radius 3 is 2.67 bits per heavy atom. The molecule has 0 aromatic heterocycles. The predicted molar refractivity (Wildman–Crippen MR) is 87.1 cm³/mol. The van der Waals surface area contributed by atoms with E-state index in [9.17, 15) is 4.79 Å². The molecule has 0 aliphatic heterocycles. The molecule has 108 valence electrons. The second kappa shape index (κ2) is 6.78. The first-order chi connectivity index (χ1) is 9.95. The van der Waals surface area contributed by atoms with Crippen molar-refractivity contribution in [3.05, 3.63) is 63.1 Å². The smallest absolute Gasteiger partial charge is 0.328 e. The first kappa shape index (κ1) is 15.6. The molecule has 2 aromatic carbocycles. The average Bonchev–Trinajstić information content (AvgIpc) is 2.41. The zero-order chi connectivity index (χ0) is 15.4. The van der Waals surface area contributed by atoms with E-state index in [1.165, 1.54) is 6.08 Å². The minimum absolute atomic E-state index is 0.562. The monoisotopic (exact) mass is 366 g/mol. The van der Waals surface area contributed by atoms with Crippen LogP contribution in [0.4, 0.5) is 0 Å². The molecule has 3 nitrogen and oxygen atoms in total. The Kier molecular flexibility index (Phi) is 5.04. The second-order valence-electron chi connectivity index (χ2n) is 4.37. The number of carboxylic acid groups (broad SMARTS) is 1. The van der Waals surface area contributed by atoms with Gasteiger partial charge in [0.2, 0.25) is 0 Å². The van der Waals surface area contributed by atoms with Gasteiger partial charge in [-0.3, -0.25) is 0 Å². The summed E-state index contributed by atoms with van der Waals surface area (Å²) < 4.78 is 6.72. The number of aryl methyl sites for hydroxylation is 1. The van der Waals surface area contributed by atoms with E-state index in [-0.39, 0.29) is 0 Å². The molecule has 0 saturated heterocycles. The molecule has 2 rings (SSSR count). The summed E-state index contributed by atoms with van der Waals surface area (Å²) in [5.41, 5.74) is 1.57. The van der Waals surface area contributed by atoms with Crippen LogP contribution in [0.2, 0.25) is 5.02 Å². The third-order valence-electron chi connectivity index (χ3n) is 2.74. The predicted octanol–water partition coefficient (Wildman–Crippen LogP) is 5.30. The first-order valence-corrected chi connectivity index (χ1v) is 7.27. The lowest BCUT2D eigenvalue weighted by atomic mass is 10.1. The highest BCUT2D eigenvalue weighted by molar-refractivity contribution is 9.10. The summed E-state index contributed by atoms with van der Waals surface area (Å²) in [4.78, 5) is 10.6. The molecule has 1 N–H and O–H groups in total. The molecule has 0 heterocycles. The van der Waals surface area contributed by atoms with Gasteiger partial charge in [0, 0.05) is 21.1 Å². The van der Waals surface area contributed by atoms with Crippen LogP contribution in [0.25, 0.3) is 6.08 Å². The van der Waals surface area contributed by atoms with Crippen molar-refractivity contribution < 1.29 is 14.6 Å². The minimum atomic E-state index is -1.01. The van der Waals surface area contributed by atoms with Crippen molar-refractivity contribution in [3.63, 3.8) is 0 Å². The Morgan fingerprint density at radius 1 is 1.24 bits per heavy atom. The number of ether oxygens (including phenoxy) is 1.